The molecule has 1 fully saturated rings. The number of benzene rings is 2. The van der Waals surface area contributed by atoms with Crippen LogP contribution < -0.4 is 18.9 Å². The molecule has 0 radical (unpaired) electrons. The number of carbonyl (C=O) groups is 2. The van der Waals surface area contributed by atoms with E-state index in [-0.39, 0.29) is 17.9 Å². The maximum absolute atomic E-state index is 13.3. The fraction of sp³-hybridized carbons (Fsp3) is 0.385. The number of ketones is 1. The Morgan fingerprint density at radius 2 is 1.54 bits per heavy atom. The van der Waals surface area contributed by atoms with E-state index >= 15 is 0 Å². The van der Waals surface area contributed by atoms with Gasteiger partial charge in [0, 0.05) is 18.7 Å². The van der Waals surface area contributed by atoms with E-state index in [4.69, 9.17) is 18.9 Å². The first kappa shape index (κ1) is 25.9. The highest BCUT2D eigenvalue weighted by Crippen LogP contribution is 2.45. The highest BCUT2D eigenvalue weighted by Gasteiger charge is 2.46. The molecule has 3 rings (SSSR count). The molecule has 1 saturated heterocycles. The molecule has 1 aliphatic heterocycles. The summed E-state index contributed by atoms with van der Waals surface area (Å²) in [5.74, 6) is 0.0793. The minimum Gasteiger partial charge on any atom is -0.507 e. The van der Waals surface area contributed by atoms with Gasteiger partial charge in [-0.1, -0.05) is 0 Å². The van der Waals surface area contributed by atoms with Gasteiger partial charge < -0.3 is 33.9 Å². The summed E-state index contributed by atoms with van der Waals surface area (Å²) in [6, 6.07) is 7.60. The van der Waals surface area contributed by atoms with Crippen molar-refractivity contribution in [1.29, 1.82) is 0 Å². The molecule has 1 N–H and O–H groups in total. The van der Waals surface area contributed by atoms with Crippen LogP contribution in [0.1, 0.15) is 22.7 Å². The second kappa shape index (κ2) is 10.7. The Balaban J connectivity index is 2.26. The van der Waals surface area contributed by atoms with E-state index in [1.165, 1.54) is 26.2 Å². The zero-order chi connectivity index (χ0) is 25.9. The molecular weight excluding hydrogens is 452 g/mol. The van der Waals surface area contributed by atoms with E-state index < -0.39 is 17.7 Å². The van der Waals surface area contributed by atoms with Crippen LogP contribution in [0.4, 0.5) is 0 Å². The largest absolute Gasteiger partial charge is 0.507 e. The fourth-order valence-corrected chi connectivity index (χ4v) is 4.21. The third kappa shape index (κ3) is 4.90. The molecule has 0 spiro atoms. The molecule has 0 saturated carbocycles. The molecule has 9 heteroatoms. The van der Waals surface area contributed by atoms with E-state index in [1.807, 2.05) is 25.9 Å². The zero-order valence-electron chi connectivity index (χ0n) is 21.2. The number of rotatable bonds is 9. The molecule has 2 aromatic rings. The topological polar surface area (TPSA) is 97.8 Å². The summed E-state index contributed by atoms with van der Waals surface area (Å²) in [5.41, 5.74) is 1.73. The number of ether oxygens (including phenoxy) is 4. The normalized spacial score (nSPS) is 17.1. The van der Waals surface area contributed by atoms with E-state index in [9.17, 15) is 14.7 Å². The average molecular weight is 485 g/mol. The lowest BCUT2D eigenvalue weighted by atomic mass is 9.94. The van der Waals surface area contributed by atoms with Crippen molar-refractivity contribution in [2.45, 2.75) is 13.0 Å². The van der Waals surface area contributed by atoms with Crippen molar-refractivity contribution in [3.8, 4) is 23.0 Å². The van der Waals surface area contributed by atoms with Crippen molar-refractivity contribution in [2.75, 3.05) is 55.6 Å². The number of hydrogen-bond donors (Lipinski definition) is 1. The molecule has 0 bridgehead atoms. The molecule has 1 heterocycles. The fourth-order valence-electron chi connectivity index (χ4n) is 4.21. The zero-order valence-corrected chi connectivity index (χ0v) is 21.2. The summed E-state index contributed by atoms with van der Waals surface area (Å²) in [6.45, 7) is 2.63. The Morgan fingerprint density at radius 1 is 0.943 bits per heavy atom. The Hall–Kier alpha value is -3.72. The van der Waals surface area contributed by atoms with Gasteiger partial charge in [0.15, 0.2) is 11.5 Å². The predicted molar refractivity (Wildman–Crippen MR) is 131 cm³/mol. The summed E-state index contributed by atoms with van der Waals surface area (Å²) in [4.78, 5) is 29.8. The number of nitrogens with zero attached hydrogens (tertiary/aromatic N) is 2. The van der Waals surface area contributed by atoms with Crippen LogP contribution >= 0.6 is 0 Å². The van der Waals surface area contributed by atoms with Gasteiger partial charge in [-0.2, -0.15) is 0 Å². The molecule has 0 aliphatic carbocycles. The molecule has 35 heavy (non-hydrogen) atoms. The van der Waals surface area contributed by atoms with Gasteiger partial charge in [-0.15, -0.1) is 0 Å². The van der Waals surface area contributed by atoms with Gasteiger partial charge in [0.2, 0.25) is 5.75 Å². The number of Topliss-reactive ketones (excluding diaryl/α,β-unsaturated/α-hetero) is 1. The Bertz CT molecular complexity index is 1130. The summed E-state index contributed by atoms with van der Waals surface area (Å²) in [5, 5.41) is 11.3. The van der Waals surface area contributed by atoms with Crippen LogP contribution in [0.15, 0.2) is 35.9 Å². The van der Waals surface area contributed by atoms with Crippen molar-refractivity contribution >= 4 is 17.4 Å². The molecular formula is C26H32N2O7. The number of carbonyl (C=O) groups excluding carboxylic acids is 2. The first-order valence-electron chi connectivity index (χ1n) is 11.1. The second-order valence-corrected chi connectivity index (χ2v) is 8.44. The third-order valence-electron chi connectivity index (χ3n) is 6.00. The Labute approximate surface area is 205 Å². The first-order chi connectivity index (χ1) is 16.7. The molecule has 9 nitrogen and oxygen atoms in total. The minimum absolute atomic E-state index is 0.00686. The Kier molecular flexibility index (Phi) is 7.91. The monoisotopic (exact) mass is 484 g/mol. The average Bonchev–Trinajstić information content (AvgIpc) is 3.10. The van der Waals surface area contributed by atoms with Crippen molar-refractivity contribution < 1.29 is 33.6 Å². The molecule has 1 atom stereocenters. The lowest BCUT2D eigenvalue weighted by molar-refractivity contribution is -0.140. The van der Waals surface area contributed by atoms with Gasteiger partial charge in [0.1, 0.15) is 11.5 Å². The van der Waals surface area contributed by atoms with Gasteiger partial charge in [-0.05, 0) is 62.5 Å². The van der Waals surface area contributed by atoms with Crippen molar-refractivity contribution in [2.24, 2.45) is 0 Å². The summed E-state index contributed by atoms with van der Waals surface area (Å²) in [7, 11) is 9.79. The van der Waals surface area contributed by atoms with Crippen LogP contribution in [0.3, 0.4) is 0 Å². The van der Waals surface area contributed by atoms with E-state index in [1.54, 1.807) is 37.4 Å². The third-order valence-corrected chi connectivity index (χ3v) is 6.00. The molecule has 188 valence electrons. The van der Waals surface area contributed by atoms with Crippen LogP contribution in [0, 0.1) is 6.92 Å². The van der Waals surface area contributed by atoms with Crippen LogP contribution in [0.2, 0.25) is 0 Å². The lowest BCUT2D eigenvalue weighted by Crippen LogP contribution is -2.35. The number of hydrogen-bond acceptors (Lipinski definition) is 8. The number of methoxy groups -OCH3 is 4. The molecule has 2 aromatic carbocycles. The SMILES string of the molecule is COc1ccc(/C(O)=C2\C(=O)C(=O)N(CCN(C)C)[C@H]2c2cc(OC)c(OC)c(OC)c2)cc1C. The quantitative estimate of drug-likeness (QED) is 0.330. The van der Waals surface area contributed by atoms with Gasteiger partial charge in [0.05, 0.1) is 40.1 Å². The Morgan fingerprint density at radius 3 is 2.03 bits per heavy atom. The molecule has 1 aliphatic rings. The minimum atomic E-state index is -0.855. The van der Waals surface area contributed by atoms with Gasteiger partial charge in [0.25, 0.3) is 11.7 Å². The molecule has 0 unspecified atom stereocenters. The number of likely N-dealkylation sites (tertiary alicyclic amines) is 1. The van der Waals surface area contributed by atoms with Crippen LogP contribution in [-0.4, -0.2) is 82.2 Å². The highest BCUT2D eigenvalue weighted by atomic mass is 16.5. The van der Waals surface area contributed by atoms with Gasteiger partial charge in [-0.25, -0.2) is 0 Å². The van der Waals surface area contributed by atoms with Gasteiger partial charge in [-0.3, -0.25) is 9.59 Å². The van der Waals surface area contributed by atoms with Crippen molar-refractivity contribution in [1.82, 2.24) is 9.80 Å². The van der Waals surface area contributed by atoms with Crippen molar-refractivity contribution in [3.63, 3.8) is 0 Å². The maximum Gasteiger partial charge on any atom is 0.295 e. The molecule has 0 aromatic heterocycles. The predicted octanol–water partition coefficient (Wildman–Crippen LogP) is 3.01. The highest BCUT2D eigenvalue weighted by molar-refractivity contribution is 6.46. The molecule has 1 amide bonds. The van der Waals surface area contributed by atoms with E-state index in [0.717, 1.165) is 5.56 Å². The number of aliphatic hydroxyl groups is 1. The summed E-state index contributed by atoms with van der Waals surface area (Å²) in [6.07, 6.45) is 0. The lowest BCUT2D eigenvalue weighted by Gasteiger charge is -2.27. The summed E-state index contributed by atoms with van der Waals surface area (Å²) >= 11 is 0. The smallest absolute Gasteiger partial charge is 0.295 e. The van der Waals surface area contributed by atoms with Gasteiger partial charge >= 0.3 is 0 Å². The second-order valence-electron chi connectivity index (χ2n) is 8.44. The number of amides is 1. The van der Waals surface area contributed by atoms with Crippen LogP contribution in [0.25, 0.3) is 5.76 Å². The maximum atomic E-state index is 13.3. The number of aliphatic hydroxyl groups excluding tert-OH is 1. The standard InChI is InChI=1S/C26H32N2O7/c1-15-12-16(8-9-18(15)32-4)23(29)21-22(28(11-10-27(2)3)26(31)24(21)30)17-13-19(33-5)25(35-7)20(14-17)34-6/h8-9,12-14,22,29H,10-11H2,1-7H3/b23-21+/t22-/m0/s1. The van der Waals surface area contributed by atoms with Crippen molar-refractivity contribution in [3.05, 3.63) is 52.6 Å². The first-order valence-corrected chi connectivity index (χ1v) is 11.1. The van der Waals surface area contributed by atoms with E-state index in [2.05, 4.69) is 0 Å². The summed E-state index contributed by atoms with van der Waals surface area (Å²) < 4.78 is 21.7. The number of likely N-dealkylation sites (N-methyl/N-ethyl adjacent to an activating group) is 1. The van der Waals surface area contributed by atoms with Crippen LogP contribution in [0.5, 0.6) is 23.0 Å². The van der Waals surface area contributed by atoms with E-state index in [0.29, 0.717) is 40.7 Å². The van der Waals surface area contributed by atoms with Crippen LogP contribution in [-0.2, 0) is 9.59 Å². The number of aryl methyl sites for hydroxylation is 1.